The van der Waals surface area contributed by atoms with Crippen LogP contribution in [0.3, 0.4) is 0 Å². The number of nitriles is 1. The molecule has 1 atom stereocenters. The van der Waals surface area contributed by atoms with Gasteiger partial charge in [0.2, 0.25) is 5.90 Å². The predicted molar refractivity (Wildman–Crippen MR) is 145 cm³/mol. The van der Waals surface area contributed by atoms with E-state index in [-0.39, 0.29) is 18.5 Å². The van der Waals surface area contributed by atoms with E-state index < -0.39 is 11.8 Å². The number of ether oxygens (including phenoxy) is 1. The van der Waals surface area contributed by atoms with Crippen molar-refractivity contribution in [2.75, 3.05) is 31.1 Å². The van der Waals surface area contributed by atoms with Crippen LogP contribution >= 0.6 is 0 Å². The fourth-order valence-electron chi connectivity index (χ4n) is 4.73. The third kappa shape index (κ3) is 6.32. The number of hydrogen-bond acceptors (Lipinski definition) is 7. The molecule has 1 amide bonds. The summed E-state index contributed by atoms with van der Waals surface area (Å²) in [6.45, 7) is 11.7. The third-order valence-electron chi connectivity index (χ3n) is 6.68. The molecule has 4 rings (SSSR count). The molecule has 1 saturated heterocycles. The maximum absolute atomic E-state index is 13.7. The van der Waals surface area contributed by atoms with E-state index in [0.29, 0.717) is 55.0 Å². The summed E-state index contributed by atoms with van der Waals surface area (Å²) in [5.41, 5.74) is 4.58. The number of nitrogens with zero attached hydrogens (tertiary/aromatic N) is 4. The number of nitrogens with two attached hydrogens (primary N) is 1. The molecule has 2 aromatic carbocycles. The van der Waals surface area contributed by atoms with E-state index in [1.807, 2.05) is 43.9 Å². The van der Waals surface area contributed by atoms with Gasteiger partial charge in [0.05, 0.1) is 16.9 Å². The van der Waals surface area contributed by atoms with Crippen molar-refractivity contribution in [3.63, 3.8) is 0 Å². The van der Waals surface area contributed by atoms with Crippen molar-refractivity contribution in [2.45, 2.75) is 51.8 Å². The Morgan fingerprint density at radius 2 is 1.84 bits per heavy atom. The molecule has 0 radical (unpaired) electrons. The first kappa shape index (κ1) is 27.1. The summed E-state index contributed by atoms with van der Waals surface area (Å²) in [6, 6.07) is 13.3. The summed E-state index contributed by atoms with van der Waals surface area (Å²) in [5.74, 6) is 5.68. The lowest BCUT2D eigenvalue weighted by atomic mass is 9.99. The van der Waals surface area contributed by atoms with Crippen LogP contribution in [0, 0.1) is 11.3 Å². The Bertz CT molecular complexity index is 1290. The van der Waals surface area contributed by atoms with Crippen molar-refractivity contribution >= 4 is 23.4 Å². The van der Waals surface area contributed by atoms with Crippen LogP contribution < -0.4 is 10.8 Å². The molecule has 38 heavy (non-hydrogen) atoms. The summed E-state index contributed by atoms with van der Waals surface area (Å²) in [5, 5.41) is 9.70. The molecule has 0 saturated carbocycles. The van der Waals surface area contributed by atoms with E-state index in [1.165, 1.54) is 5.56 Å². The quantitative estimate of drug-likeness (QED) is 0.355. The zero-order valence-electron chi connectivity index (χ0n) is 22.2. The van der Waals surface area contributed by atoms with Gasteiger partial charge in [-0.2, -0.15) is 11.2 Å². The molecular weight excluding hydrogens is 485 g/mol. The van der Waals surface area contributed by atoms with Crippen molar-refractivity contribution in [2.24, 2.45) is 10.9 Å². The second-order valence-electron chi connectivity index (χ2n) is 10.6. The number of benzene rings is 2. The Kier molecular flexibility index (Phi) is 8.02. The van der Waals surface area contributed by atoms with Gasteiger partial charge in [-0.25, -0.2) is 14.2 Å². The maximum Gasteiger partial charge on any atom is 0.410 e. The Balaban J connectivity index is 1.51. The highest BCUT2D eigenvalue weighted by atomic mass is 19.1. The van der Waals surface area contributed by atoms with E-state index in [0.717, 1.165) is 17.5 Å². The first-order valence-electron chi connectivity index (χ1n) is 12.8. The van der Waals surface area contributed by atoms with E-state index in [9.17, 15) is 14.4 Å². The van der Waals surface area contributed by atoms with Gasteiger partial charge in [-0.15, -0.1) is 0 Å². The van der Waals surface area contributed by atoms with Crippen molar-refractivity contribution in [1.82, 2.24) is 4.90 Å². The Labute approximate surface area is 223 Å². The lowest BCUT2D eigenvalue weighted by Gasteiger charge is -2.26. The number of amides is 1. The first-order valence-corrected chi connectivity index (χ1v) is 12.8. The minimum atomic E-state index is -0.893. The zero-order chi connectivity index (χ0) is 27.4. The fourth-order valence-corrected chi connectivity index (χ4v) is 4.73. The van der Waals surface area contributed by atoms with Crippen LogP contribution in [0.25, 0.3) is 5.70 Å². The third-order valence-corrected chi connectivity index (χ3v) is 6.68. The van der Waals surface area contributed by atoms with E-state index in [4.69, 9.17) is 15.5 Å². The number of carbonyl (C=O) groups is 1. The van der Waals surface area contributed by atoms with Crippen LogP contribution in [0.15, 0.2) is 48.0 Å². The summed E-state index contributed by atoms with van der Waals surface area (Å²) >= 11 is 0. The number of anilines is 1. The minimum absolute atomic E-state index is 0.119. The second kappa shape index (κ2) is 11.2. The molecule has 2 N–H and O–H groups in total. The largest absolute Gasteiger partial charge is 0.444 e. The smallest absolute Gasteiger partial charge is 0.410 e. The van der Waals surface area contributed by atoms with Gasteiger partial charge in [-0.05, 0) is 81.0 Å². The number of rotatable bonds is 4. The number of carbonyl (C=O) groups excluding carboxylic acids is 1. The molecule has 2 aliphatic rings. The molecule has 2 heterocycles. The average Bonchev–Trinajstić information content (AvgIpc) is 3.19. The van der Waals surface area contributed by atoms with Gasteiger partial charge in [-0.3, -0.25) is 0 Å². The highest BCUT2D eigenvalue weighted by molar-refractivity contribution is 5.98. The molecule has 0 spiro atoms. The topological polar surface area (TPSA) is 104 Å². The van der Waals surface area contributed by atoms with Crippen molar-refractivity contribution in [3.8, 4) is 6.07 Å². The van der Waals surface area contributed by atoms with Gasteiger partial charge in [0.1, 0.15) is 17.8 Å². The van der Waals surface area contributed by atoms with Crippen LogP contribution in [-0.2, 0) is 22.4 Å². The number of alkyl halides is 1. The average molecular weight is 520 g/mol. The zero-order valence-corrected chi connectivity index (χ0v) is 22.2. The molecule has 200 valence electrons. The number of halogens is 1. The highest BCUT2D eigenvalue weighted by Crippen LogP contribution is 2.28. The molecular formula is C29H34FN5O3. The van der Waals surface area contributed by atoms with Crippen LogP contribution in [0.2, 0.25) is 0 Å². The minimum Gasteiger partial charge on any atom is -0.444 e. The molecule has 8 nitrogen and oxygen atoms in total. The normalized spacial score (nSPS) is 17.9. The molecule has 2 aliphatic heterocycles. The van der Waals surface area contributed by atoms with Crippen LogP contribution in [-0.4, -0.2) is 54.8 Å². The van der Waals surface area contributed by atoms with Gasteiger partial charge in [0.25, 0.3) is 0 Å². The lowest BCUT2D eigenvalue weighted by Crippen LogP contribution is -2.38. The maximum atomic E-state index is 13.7. The molecule has 0 aliphatic carbocycles. The van der Waals surface area contributed by atoms with Gasteiger partial charge in [0.15, 0.2) is 0 Å². The Hall–Kier alpha value is -3.90. The molecule has 9 heteroatoms. The van der Waals surface area contributed by atoms with E-state index >= 15 is 0 Å². The molecule has 0 aromatic heterocycles. The van der Waals surface area contributed by atoms with Gasteiger partial charge in [0, 0.05) is 31.7 Å². The molecule has 0 bridgehead atoms. The molecule has 1 fully saturated rings. The standard InChI is InChI=1S/C29H34FN5O3/c1-19(21-6-5-20-9-12-34(13-10-22(20)15-21)28(36)37-29(2,3)4)33-27(38-32)23-7-8-26(24(16-23)17-31)35-14-11-25(30)18-35/h5-8,15-16,25H,1,9-14,18,32H2,2-4H3/b33-27-. The number of fused-ring (bicyclic) bond motifs is 1. The summed E-state index contributed by atoms with van der Waals surface area (Å²) < 4.78 is 19.2. The van der Waals surface area contributed by atoms with Gasteiger partial charge >= 0.3 is 6.09 Å². The Morgan fingerprint density at radius 1 is 1.13 bits per heavy atom. The first-order chi connectivity index (χ1) is 18.1. The predicted octanol–water partition coefficient (Wildman–Crippen LogP) is 4.75. The number of aliphatic imine (C=N–C) groups is 1. The van der Waals surface area contributed by atoms with Crippen LogP contribution in [0.5, 0.6) is 0 Å². The monoisotopic (exact) mass is 519 g/mol. The molecule has 2 aromatic rings. The lowest BCUT2D eigenvalue weighted by molar-refractivity contribution is 0.0258. The Morgan fingerprint density at radius 3 is 2.47 bits per heavy atom. The summed E-state index contributed by atoms with van der Waals surface area (Å²) in [7, 11) is 0. The fraction of sp³-hybridized carbons (Fsp3) is 0.414. The molecule has 1 unspecified atom stereocenters. The highest BCUT2D eigenvalue weighted by Gasteiger charge is 2.26. The van der Waals surface area contributed by atoms with Crippen LogP contribution in [0.4, 0.5) is 14.9 Å². The van der Waals surface area contributed by atoms with Crippen molar-refractivity contribution in [3.05, 3.63) is 70.8 Å². The van der Waals surface area contributed by atoms with E-state index in [2.05, 4.69) is 17.6 Å². The van der Waals surface area contributed by atoms with Crippen LogP contribution in [0.1, 0.15) is 55.0 Å². The number of hydrogen-bond donors (Lipinski definition) is 1. The van der Waals surface area contributed by atoms with Crippen molar-refractivity contribution < 1.29 is 18.8 Å². The second-order valence-corrected chi connectivity index (χ2v) is 10.6. The SMILES string of the molecule is C=C(/N=C(\ON)c1ccc(N2CCC(F)C2)c(C#N)c1)c1ccc2c(c1)CCN(C(=O)OC(C)(C)C)CC2. The van der Waals surface area contributed by atoms with Gasteiger partial charge < -0.3 is 19.4 Å². The van der Waals surface area contributed by atoms with E-state index in [1.54, 1.807) is 23.1 Å². The van der Waals surface area contributed by atoms with Crippen molar-refractivity contribution in [1.29, 1.82) is 5.26 Å². The summed E-state index contributed by atoms with van der Waals surface area (Å²) in [4.78, 5) is 25.7. The van der Waals surface area contributed by atoms with Gasteiger partial charge in [-0.1, -0.05) is 18.7 Å². The summed E-state index contributed by atoms with van der Waals surface area (Å²) in [6.07, 6.45) is 0.663.